The van der Waals surface area contributed by atoms with Crippen molar-refractivity contribution in [2.75, 3.05) is 25.2 Å². The van der Waals surface area contributed by atoms with Crippen molar-refractivity contribution in [2.45, 2.75) is 18.6 Å². The average Bonchev–Trinajstić information content (AvgIpc) is 2.29. The molecular formula is C10H17N3OS. The highest BCUT2D eigenvalue weighted by Crippen LogP contribution is 2.12. The molecule has 1 unspecified atom stereocenters. The minimum absolute atomic E-state index is 0.588. The Morgan fingerprint density at radius 2 is 2.33 bits per heavy atom. The topological polar surface area (TPSA) is 47.0 Å². The third-order valence-electron chi connectivity index (χ3n) is 2.11. The van der Waals surface area contributed by atoms with Crippen LogP contribution >= 0.6 is 11.8 Å². The van der Waals surface area contributed by atoms with E-state index >= 15 is 0 Å². The maximum atomic E-state index is 5.01. The molecule has 0 saturated carbocycles. The van der Waals surface area contributed by atoms with Crippen LogP contribution in [-0.2, 0) is 0 Å². The molecule has 4 nitrogen and oxygen atoms in total. The summed E-state index contributed by atoms with van der Waals surface area (Å²) in [6.07, 6.45) is 4.74. The highest BCUT2D eigenvalue weighted by atomic mass is 32.2. The van der Waals surface area contributed by atoms with Crippen molar-refractivity contribution in [1.29, 1.82) is 0 Å². The number of nitrogens with one attached hydrogen (secondary N) is 1. The summed E-state index contributed by atoms with van der Waals surface area (Å²) in [4.78, 5) is 8.04. The van der Waals surface area contributed by atoms with Gasteiger partial charge in [-0.3, -0.25) is 0 Å². The summed E-state index contributed by atoms with van der Waals surface area (Å²) in [7, 11) is 1.60. The molecule has 0 saturated heterocycles. The fourth-order valence-corrected chi connectivity index (χ4v) is 1.42. The fraction of sp³-hybridized carbons (Fsp3) is 0.600. The molecule has 84 valence electrons. The molecule has 0 bridgehead atoms. The largest absolute Gasteiger partial charge is 0.481 e. The van der Waals surface area contributed by atoms with Gasteiger partial charge in [-0.15, -0.1) is 0 Å². The van der Waals surface area contributed by atoms with E-state index in [9.17, 15) is 0 Å². The highest BCUT2D eigenvalue weighted by Gasteiger charge is 2.00. The van der Waals surface area contributed by atoms with Crippen LogP contribution in [0, 0.1) is 0 Å². The molecule has 1 N–H and O–H groups in total. The summed E-state index contributed by atoms with van der Waals surface area (Å²) in [5, 5.41) is 3.91. The maximum Gasteiger partial charge on any atom is 0.218 e. The molecule has 15 heavy (non-hydrogen) atoms. The van der Waals surface area contributed by atoms with Gasteiger partial charge in [0.15, 0.2) is 0 Å². The van der Waals surface area contributed by atoms with Gasteiger partial charge < -0.3 is 10.1 Å². The van der Waals surface area contributed by atoms with Gasteiger partial charge >= 0.3 is 0 Å². The van der Waals surface area contributed by atoms with E-state index in [0.717, 1.165) is 18.8 Å². The zero-order chi connectivity index (χ0) is 11.1. The summed E-state index contributed by atoms with van der Waals surface area (Å²) < 4.78 is 5.01. The predicted molar refractivity (Wildman–Crippen MR) is 64.7 cm³/mol. The van der Waals surface area contributed by atoms with Gasteiger partial charge in [0.05, 0.1) is 7.11 Å². The summed E-state index contributed by atoms with van der Waals surface area (Å²) in [6.45, 7) is 3.13. The quantitative estimate of drug-likeness (QED) is 0.806. The van der Waals surface area contributed by atoms with E-state index in [2.05, 4.69) is 28.5 Å². The van der Waals surface area contributed by atoms with Crippen molar-refractivity contribution in [3.05, 3.63) is 12.4 Å². The van der Waals surface area contributed by atoms with Crippen molar-refractivity contribution >= 4 is 17.6 Å². The Bertz CT molecular complexity index is 296. The van der Waals surface area contributed by atoms with Gasteiger partial charge in [0.1, 0.15) is 12.1 Å². The summed E-state index contributed by atoms with van der Waals surface area (Å²) in [5.74, 6) is 1.40. The number of rotatable bonds is 6. The molecular weight excluding hydrogens is 210 g/mol. The number of hydrogen-bond donors (Lipinski definition) is 1. The Kier molecular flexibility index (Phi) is 5.25. The number of aromatic nitrogens is 2. The van der Waals surface area contributed by atoms with Crippen LogP contribution in [0.4, 0.5) is 5.82 Å². The molecule has 0 aliphatic heterocycles. The zero-order valence-corrected chi connectivity index (χ0v) is 10.2. The number of anilines is 1. The Morgan fingerprint density at radius 1 is 1.53 bits per heavy atom. The van der Waals surface area contributed by atoms with Gasteiger partial charge in [-0.25, -0.2) is 9.97 Å². The maximum absolute atomic E-state index is 5.01. The van der Waals surface area contributed by atoms with E-state index in [1.54, 1.807) is 13.2 Å². The third kappa shape index (κ3) is 4.38. The van der Waals surface area contributed by atoms with Gasteiger partial charge in [-0.05, 0) is 12.7 Å². The molecule has 1 aromatic heterocycles. The molecule has 0 amide bonds. The summed E-state index contributed by atoms with van der Waals surface area (Å²) in [6, 6.07) is 1.80. The Morgan fingerprint density at radius 3 is 3.00 bits per heavy atom. The first-order valence-electron chi connectivity index (χ1n) is 4.89. The van der Waals surface area contributed by atoms with Crippen LogP contribution in [-0.4, -0.2) is 35.1 Å². The Balaban J connectivity index is 2.37. The second-order valence-corrected chi connectivity index (χ2v) is 4.48. The average molecular weight is 227 g/mol. The Labute approximate surface area is 94.8 Å². The summed E-state index contributed by atoms with van der Waals surface area (Å²) >= 11 is 1.87. The number of hydrogen-bond acceptors (Lipinski definition) is 5. The van der Waals surface area contributed by atoms with Crippen LogP contribution in [0.5, 0.6) is 5.88 Å². The number of ether oxygens (including phenoxy) is 1. The van der Waals surface area contributed by atoms with E-state index in [1.165, 1.54) is 6.33 Å². The minimum Gasteiger partial charge on any atom is -0.481 e. The predicted octanol–water partition coefficient (Wildman–Crippen LogP) is 2.04. The molecule has 1 aromatic rings. The van der Waals surface area contributed by atoms with E-state index in [4.69, 9.17) is 4.74 Å². The monoisotopic (exact) mass is 227 g/mol. The number of nitrogens with zero attached hydrogens (tertiary/aromatic N) is 2. The van der Waals surface area contributed by atoms with Crippen molar-refractivity contribution in [3.8, 4) is 5.88 Å². The molecule has 0 spiro atoms. The lowest BCUT2D eigenvalue weighted by atomic mass is 10.3. The summed E-state index contributed by atoms with van der Waals surface area (Å²) in [5.41, 5.74) is 0. The van der Waals surface area contributed by atoms with Crippen LogP contribution in [0.1, 0.15) is 13.3 Å². The molecule has 0 fully saturated rings. The van der Waals surface area contributed by atoms with Crippen LogP contribution in [0.2, 0.25) is 0 Å². The second-order valence-electron chi connectivity index (χ2n) is 3.21. The molecule has 0 radical (unpaired) electrons. The molecule has 1 rings (SSSR count). The lowest BCUT2D eigenvalue weighted by Gasteiger charge is -2.09. The van der Waals surface area contributed by atoms with Gasteiger partial charge in [0, 0.05) is 17.9 Å². The first-order chi connectivity index (χ1) is 7.26. The van der Waals surface area contributed by atoms with Gasteiger partial charge in [-0.2, -0.15) is 11.8 Å². The van der Waals surface area contributed by atoms with Crippen molar-refractivity contribution in [3.63, 3.8) is 0 Å². The molecule has 1 atom stereocenters. The van der Waals surface area contributed by atoms with Crippen LogP contribution < -0.4 is 10.1 Å². The molecule has 1 heterocycles. The molecule has 0 aliphatic carbocycles. The van der Waals surface area contributed by atoms with Crippen LogP contribution in [0.25, 0.3) is 0 Å². The van der Waals surface area contributed by atoms with Crippen molar-refractivity contribution < 1.29 is 4.74 Å². The van der Waals surface area contributed by atoms with Gasteiger partial charge in [0.25, 0.3) is 0 Å². The number of thioether (sulfide) groups is 1. The van der Waals surface area contributed by atoms with E-state index in [0.29, 0.717) is 11.1 Å². The Hall–Kier alpha value is -0.970. The lowest BCUT2D eigenvalue weighted by Crippen LogP contribution is -2.08. The van der Waals surface area contributed by atoms with Crippen molar-refractivity contribution in [2.24, 2.45) is 0 Å². The highest BCUT2D eigenvalue weighted by molar-refractivity contribution is 7.99. The molecule has 0 aromatic carbocycles. The standard InChI is InChI=1S/C10H17N3OS/c1-8(15-3)4-5-11-9-6-10(14-2)13-7-12-9/h6-8H,4-5H2,1-3H3,(H,11,12,13). The smallest absolute Gasteiger partial charge is 0.218 e. The molecule has 0 aliphatic rings. The minimum atomic E-state index is 0.588. The van der Waals surface area contributed by atoms with Crippen LogP contribution in [0.15, 0.2) is 12.4 Å². The van der Waals surface area contributed by atoms with E-state index in [-0.39, 0.29) is 0 Å². The second kappa shape index (κ2) is 6.50. The van der Waals surface area contributed by atoms with Gasteiger partial charge in [-0.1, -0.05) is 6.92 Å². The van der Waals surface area contributed by atoms with E-state index < -0.39 is 0 Å². The SMILES string of the molecule is COc1cc(NCCC(C)SC)ncn1. The lowest BCUT2D eigenvalue weighted by molar-refractivity contribution is 0.397. The normalized spacial score (nSPS) is 12.2. The van der Waals surface area contributed by atoms with Crippen molar-refractivity contribution in [1.82, 2.24) is 9.97 Å². The third-order valence-corrected chi connectivity index (χ3v) is 3.15. The van der Waals surface area contributed by atoms with Gasteiger partial charge in [0.2, 0.25) is 5.88 Å². The van der Waals surface area contributed by atoms with E-state index in [1.807, 2.05) is 11.8 Å². The first-order valence-corrected chi connectivity index (χ1v) is 6.17. The number of methoxy groups -OCH3 is 1. The fourth-order valence-electron chi connectivity index (χ4n) is 1.07. The molecule has 5 heteroatoms. The van der Waals surface area contributed by atoms with Crippen LogP contribution in [0.3, 0.4) is 0 Å². The zero-order valence-electron chi connectivity index (χ0n) is 9.36. The first kappa shape index (κ1) is 12.1.